The standard InChI is InChI=1S/C4H5NO2/c6-2-4-1-5-7-3-4/h1,3,6H,2H2. The molecule has 0 bridgehead atoms. The molecular formula is C4H5NO2. The van der Waals surface area contributed by atoms with Gasteiger partial charge in [-0.3, -0.25) is 0 Å². The fraction of sp³-hybridized carbons (Fsp3) is 0.250. The van der Waals surface area contributed by atoms with E-state index in [-0.39, 0.29) is 6.61 Å². The molecule has 0 spiro atoms. The van der Waals surface area contributed by atoms with Gasteiger partial charge >= 0.3 is 0 Å². The van der Waals surface area contributed by atoms with Crippen molar-refractivity contribution in [2.45, 2.75) is 6.61 Å². The van der Waals surface area contributed by atoms with Gasteiger partial charge in [0.2, 0.25) is 0 Å². The smallest absolute Gasteiger partial charge is 0.129 e. The molecule has 0 fully saturated rings. The summed E-state index contributed by atoms with van der Waals surface area (Å²) in [5.74, 6) is 0. The lowest BCUT2D eigenvalue weighted by atomic mass is 10.4. The molecule has 0 radical (unpaired) electrons. The molecule has 1 rings (SSSR count). The van der Waals surface area contributed by atoms with Crippen LogP contribution in [0.5, 0.6) is 0 Å². The maximum atomic E-state index is 8.33. The number of aliphatic hydroxyl groups is 1. The highest BCUT2D eigenvalue weighted by Gasteiger charge is 1.87. The Kier molecular flexibility index (Phi) is 1.08. The molecule has 0 amide bonds. The van der Waals surface area contributed by atoms with Crippen molar-refractivity contribution in [2.24, 2.45) is 0 Å². The summed E-state index contributed by atoms with van der Waals surface area (Å²) in [6, 6.07) is 0. The zero-order chi connectivity index (χ0) is 5.11. The summed E-state index contributed by atoms with van der Waals surface area (Å²) >= 11 is 0. The van der Waals surface area contributed by atoms with Crippen molar-refractivity contribution in [1.82, 2.24) is 5.16 Å². The zero-order valence-corrected chi connectivity index (χ0v) is 3.66. The average molecular weight is 99.1 g/mol. The first-order chi connectivity index (χ1) is 3.43. The van der Waals surface area contributed by atoms with Gasteiger partial charge in [0, 0.05) is 5.56 Å². The largest absolute Gasteiger partial charge is 0.391 e. The lowest BCUT2D eigenvalue weighted by molar-refractivity contribution is 0.280. The van der Waals surface area contributed by atoms with Gasteiger partial charge < -0.3 is 9.63 Å². The SMILES string of the molecule is OCc1cnoc1. The Bertz CT molecular complexity index is 124. The zero-order valence-electron chi connectivity index (χ0n) is 3.66. The summed E-state index contributed by atoms with van der Waals surface area (Å²) < 4.78 is 4.40. The van der Waals surface area contributed by atoms with E-state index in [9.17, 15) is 0 Å². The Morgan fingerprint density at radius 1 is 1.86 bits per heavy atom. The molecule has 3 heteroatoms. The minimum atomic E-state index is 0.00347. The molecule has 0 atom stereocenters. The fourth-order valence-electron chi connectivity index (χ4n) is 0.305. The van der Waals surface area contributed by atoms with Crippen LogP contribution in [0.4, 0.5) is 0 Å². The van der Waals surface area contributed by atoms with Crippen molar-refractivity contribution < 1.29 is 9.63 Å². The Hall–Kier alpha value is -0.830. The first-order valence-electron chi connectivity index (χ1n) is 1.92. The predicted octanol–water partition coefficient (Wildman–Crippen LogP) is 0.167. The van der Waals surface area contributed by atoms with Gasteiger partial charge in [0.15, 0.2) is 0 Å². The fourth-order valence-corrected chi connectivity index (χ4v) is 0.305. The van der Waals surface area contributed by atoms with Crippen LogP contribution in [0.1, 0.15) is 5.56 Å². The summed E-state index contributed by atoms with van der Waals surface area (Å²) in [6.07, 6.45) is 2.88. The van der Waals surface area contributed by atoms with Crippen molar-refractivity contribution in [3.63, 3.8) is 0 Å². The van der Waals surface area contributed by atoms with Gasteiger partial charge in [-0.2, -0.15) is 0 Å². The van der Waals surface area contributed by atoms with Crippen molar-refractivity contribution >= 4 is 0 Å². The first-order valence-corrected chi connectivity index (χ1v) is 1.92. The van der Waals surface area contributed by atoms with E-state index in [0.29, 0.717) is 5.56 Å². The number of rotatable bonds is 1. The van der Waals surface area contributed by atoms with Gasteiger partial charge in [-0.15, -0.1) is 0 Å². The molecule has 0 saturated heterocycles. The average Bonchev–Trinajstić information content (AvgIpc) is 2.14. The molecule has 0 unspecified atom stereocenters. The summed E-state index contributed by atoms with van der Waals surface area (Å²) in [4.78, 5) is 0. The lowest BCUT2D eigenvalue weighted by Gasteiger charge is -1.74. The van der Waals surface area contributed by atoms with E-state index in [0.717, 1.165) is 0 Å². The van der Waals surface area contributed by atoms with Crippen molar-refractivity contribution in [1.29, 1.82) is 0 Å². The molecular weight excluding hydrogens is 94.0 g/mol. The van der Waals surface area contributed by atoms with Crippen molar-refractivity contribution in [2.75, 3.05) is 0 Å². The second kappa shape index (κ2) is 1.75. The highest BCUT2D eigenvalue weighted by atomic mass is 16.5. The van der Waals surface area contributed by atoms with Crippen LogP contribution in [0.2, 0.25) is 0 Å². The van der Waals surface area contributed by atoms with Crippen LogP contribution in [-0.2, 0) is 6.61 Å². The summed E-state index contributed by atoms with van der Waals surface area (Å²) in [5.41, 5.74) is 0.708. The monoisotopic (exact) mass is 99.0 g/mol. The molecule has 0 aromatic carbocycles. The van der Waals surface area contributed by atoms with E-state index in [2.05, 4.69) is 9.68 Å². The van der Waals surface area contributed by atoms with Crippen LogP contribution in [0.25, 0.3) is 0 Å². The van der Waals surface area contributed by atoms with Crippen LogP contribution < -0.4 is 0 Å². The molecule has 1 N–H and O–H groups in total. The van der Waals surface area contributed by atoms with Gasteiger partial charge in [0.05, 0.1) is 12.8 Å². The Balaban J connectivity index is 2.76. The van der Waals surface area contributed by atoms with E-state index >= 15 is 0 Å². The maximum absolute atomic E-state index is 8.33. The maximum Gasteiger partial charge on any atom is 0.129 e. The number of hydrogen-bond donors (Lipinski definition) is 1. The van der Waals surface area contributed by atoms with Crippen LogP contribution in [0.3, 0.4) is 0 Å². The third-order valence-corrected chi connectivity index (χ3v) is 0.666. The molecule has 38 valence electrons. The third-order valence-electron chi connectivity index (χ3n) is 0.666. The second-order valence-electron chi connectivity index (χ2n) is 1.19. The summed E-state index contributed by atoms with van der Waals surface area (Å²) in [7, 11) is 0. The highest BCUT2D eigenvalue weighted by Crippen LogP contribution is 1.92. The normalized spacial score (nSPS) is 9.29. The highest BCUT2D eigenvalue weighted by molar-refractivity contribution is 4.96. The number of nitrogens with zero attached hydrogens (tertiary/aromatic N) is 1. The summed E-state index contributed by atoms with van der Waals surface area (Å²) in [5, 5.41) is 11.7. The minimum Gasteiger partial charge on any atom is -0.391 e. The minimum absolute atomic E-state index is 0.00347. The van der Waals surface area contributed by atoms with E-state index in [1.165, 1.54) is 12.5 Å². The van der Waals surface area contributed by atoms with E-state index in [1.54, 1.807) is 0 Å². The van der Waals surface area contributed by atoms with Crippen molar-refractivity contribution in [3.8, 4) is 0 Å². The van der Waals surface area contributed by atoms with Crippen LogP contribution in [0.15, 0.2) is 17.0 Å². The quantitative estimate of drug-likeness (QED) is 0.545. The number of hydrogen-bond acceptors (Lipinski definition) is 3. The van der Waals surface area contributed by atoms with Gasteiger partial charge in [-0.1, -0.05) is 5.16 Å². The van der Waals surface area contributed by atoms with E-state index < -0.39 is 0 Å². The van der Waals surface area contributed by atoms with E-state index in [4.69, 9.17) is 5.11 Å². The Labute approximate surface area is 40.6 Å². The van der Waals surface area contributed by atoms with Gasteiger partial charge in [-0.25, -0.2) is 0 Å². The molecule has 1 aromatic heterocycles. The molecule has 0 saturated carbocycles. The topological polar surface area (TPSA) is 46.3 Å². The molecule has 3 nitrogen and oxygen atoms in total. The van der Waals surface area contributed by atoms with Gasteiger partial charge in [-0.05, 0) is 0 Å². The van der Waals surface area contributed by atoms with Crippen LogP contribution >= 0.6 is 0 Å². The number of aliphatic hydroxyl groups excluding tert-OH is 1. The molecule has 0 aliphatic carbocycles. The Morgan fingerprint density at radius 3 is 3.00 bits per heavy atom. The molecule has 7 heavy (non-hydrogen) atoms. The van der Waals surface area contributed by atoms with Gasteiger partial charge in [0.25, 0.3) is 0 Å². The first kappa shape index (κ1) is 4.33. The molecule has 1 aromatic rings. The predicted molar refractivity (Wildman–Crippen MR) is 22.4 cm³/mol. The lowest BCUT2D eigenvalue weighted by Crippen LogP contribution is -1.72. The molecule has 0 aliphatic rings. The summed E-state index contributed by atoms with van der Waals surface area (Å²) in [6.45, 7) is 0.00347. The van der Waals surface area contributed by atoms with Crippen molar-refractivity contribution in [3.05, 3.63) is 18.0 Å². The Morgan fingerprint density at radius 2 is 2.71 bits per heavy atom. The second-order valence-corrected chi connectivity index (χ2v) is 1.19. The van der Waals surface area contributed by atoms with Gasteiger partial charge in [0.1, 0.15) is 6.26 Å². The third kappa shape index (κ3) is 0.778. The van der Waals surface area contributed by atoms with E-state index in [1.807, 2.05) is 0 Å². The molecule has 1 heterocycles. The van der Waals surface area contributed by atoms with Crippen LogP contribution in [-0.4, -0.2) is 10.3 Å². The number of aromatic nitrogens is 1. The molecule has 0 aliphatic heterocycles. The van der Waals surface area contributed by atoms with Crippen LogP contribution in [0, 0.1) is 0 Å².